The first-order valence-corrected chi connectivity index (χ1v) is 7.55. The molecule has 1 saturated heterocycles. The highest BCUT2D eigenvalue weighted by atomic mass is 35.5. The van der Waals surface area contributed by atoms with Crippen LogP contribution in [-0.2, 0) is 15.0 Å². The van der Waals surface area contributed by atoms with Crippen LogP contribution >= 0.6 is 11.6 Å². The van der Waals surface area contributed by atoms with Gasteiger partial charge in [0.1, 0.15) is 0 Å². The average molecular weight is 294 g/mol. The molecule has 1 aromatic carbocycles. The zero-order valence-electron chi connectivity index (χ0n) is 11.8. The standard InChI is InChI=1S/C16H20ClNO2/c1-16(13-7-3-2-4-8-13)11-14(19)18(15(20)12-16)10-6-5-9-17/h2-4,7-8H,5-6,9-12H2,1H3. The van der Waals surface area contributed by atoms with Crippen LogP contribution in [0.25, 0.3) is 0 Å². The molecule has 0 unspecified atom stereocenters. The molecular formula is C16H20ClNO2. The van der Waals surface area contributed by atoms with E-state index in [1.165, 1.54) is 4.90 Å². The van der Waals surface area contributed by atoms with Crippen molar-refractivity contribution in [1.29, 1.82) is 0 Å². The van der Waals surface area contributed by atoms with Gasteiger partial charge in [-0.25, -0.2) is 0 Å². The van der Waals surface area contributed by atoms with Crippen LogP contribution in [0.2, 0.25) is 0 Å². The maximum atomic E-state index is 12.3. The molecular weight excluding hydrogens is 274 g/mol. The molecule has 0 saturated carbocycles. The molecule has 0 N–H and O–H groups in total. The maximum absolute atomic E-state index is 12.3. The number of amides is 2. The lowest BCUT2D eigenvalue weighted by atomic mass is 9.74. The minimum Gasteiger partial charge on any atom is -0.283 e. The van der Waals surface area contributed by atoms with Gasteiger partial charge in [-0.3, -0.25) is 14.5 Å². The molecule has 2 amide bonds. The third kappa shape index (κ3) is 3.21. The van der Waals surface area contributed by atoms with E-state index < -0.39 is 0 Å². The molecule has 108 valence electrons. The number of rotatable bonds is 5. The predicted octanol–water partition coefficient (Wildman–Crippen LogP) is 3.11. The van der Waals surface area contributed by atoms with Crippen molar-refractivity contribution < 1.29 is 9.59 Å². The first-order chi connectivity index (χ1) is 9.57. The van der Waals surface area contributed by atoms with Crippen molar-refractivity contribution in [3.05, 3.63) is 35.9 Å². The zero-order valence-corrected chi connectivity index (χ0v) is 12.5. The first-order valence-electron chi connectivity index (χ1n) is 7.01. The fourth-order valence-corrected chi connectivity index (χ4v) is 2.91. The molecule has 0 atom stereocenters. The third-order valence-electron chi connectivity index (χ3n) is 3.92. The molecule has 4 heteroatoms. The summed E-state index contributed by atoms with van der Waals surface area (Å²) in [6, 6.07) is 9.82. The molecule has 0 aliphatic carbocycles. The SMILES string of the molecule is CC1(c2ccccc2)CC(=O)N(CCCCCl)C(=O)C1. The van der Waals surface area contributed by atoms with Gasteiger partial charge in [-0.2, -0.15) is 0 Å². The molecule has 0 bridgehead atoms. The number of unbranched alkanes of at least 4 members (excludes halogenated alkanes) is 1. The Balaban J connectivity index is 2.09. The van der Waals surface area contributed by atoms with Crippen molar-refractivity contribution in [2.45, 2.75) is 38.0 Å². The van der Waals surface area contributed by atoms with Gasteiger partial charge in [-0.05, 0) is 18.4 Å². The topological polar surface area (TPSA) is 37.4 Å². The molecule has 1 aliphatic rings. The van der Waals surface area contributed by atoms with Gasteiger partial charge < -0.3 is 0 Å². The second kappa shape index (κ2) is 6.40. The summed E-state index contributed by atoms with van der Waals surface area (Å²) in [6.07, 6.45) is 2.39. The number of benzene rings is 1. The smallest absolute Gasteiger partial charge is 0.230 e. The van der Waals surface area contributed by atoms with Crippen molar-refractivity contribution in [2.75, 3.05) is 12.4 Å². The van der Waals surface area contributed by atoms with Gasteiger partial charge in [0.05, 0.1) is 0 Å². The first kappa shape index (κ1) is 15.0. The van der Waals surface area contributed by atoms with Gasteiger partial charge in [-0.15, -0.1) is 11.6 Å². The fourth-order valence-electron chi connectivity index (χ4n) is 2.72. The lowest BCUT2D eigenvalue weighted by Crippen LogP contribution is -2.49. The van der Waals surface area contributed by atoms with Gasteiger partial charge in [0.2, 0.25) is 11.8 Å². The molecule has 0 radical (unpaired) electrons. The number of hydrogen-bond donors (Lipinski definition) is 0. The summed E-state index contributed by atoms with van der Waals surface area (Å²) in [4.78, 5) is 25.9. The monoisotopic (exact) mass is 293 g/mol. The van der Waals surface area contributed by atoms with E-state index in [9.17, 15) is 9.59 Å². The molecule has 0 aromatic heterocycles. The number of likely N-dealkylation sites (tertiary alicyclic amines) is 1. The number of carbonyl (C=O) groups excluding carboxylic acids is 2. The molecule has 1 fully saturated rings. The van der Waals surface area contributed by atoms with Crippen LogP contribution in [0.1, 0.15) is 38.2 Å². The van der Waals surface area contributed by atoms with Crippen LogP contribution < -0.4 is 0 Å². The number of imide groups is 1. The second-order valence-electron chi connectivity index (χ2n) is 5.62. The summed E-state index contributed by atoms with van der Waals surface area (Å²) in [5, 5.41) is 0. The Morgan fingerprint density at radius 3 is 2.25 bits per heavy atom. The molecule has 1 heterocycles. The lowest BCUT2D eigenvalue weighted by Gasteiger charge is -2.37. The Labute approximate surface area is 124 Å². The quantitative estimate of drug-likeness (QED) is 0.475. The highest BCUT2D eigenvalue weighted by Crippen LogP contribution is 2.36. The van der Waals surface area contributed by atoms with E-state index in [1.54, 1.807) is 0 Å². The van der Waals surface area contributed by atoms with Crippen LogP contribution in [0.15, 0.2) is 30.3 Å². The van der Waals surface area contributed by atoms with Crippen molar-refractivity contribution in [2.24, 2.45) is 0 Å². The van der Waals surface area contributed by atoms with Crippen LogP contribution in [-0.4, -0.2) is 29.1 Å². The predicted molar refractivity (Wildman–Crippen MR) is 79.7 cm³/mol. The van der Waals surface area contributed by atoms with Crippen molar-refractivity contribution in [1.82, 2.24) is 4.90 Å². The number of nitrogens with zero attached hydrogens (tertiary/aromatic N) is 1. The number of piperidine rings is 1. The normalized spacial score (nSPS) is 18.4. The highest BCUT2D eigenvalue weighted by molar-refractivity contribution is 6.17. The average Bonchev–Trinajstić information content (AvgIpc) is 2.43. The van der Waals surface area contributed by atoms with Crippen LogP contribution in [0.4, 0.5) is 0 Å². The highest BCUT2D eigenvalue weighted by Gasteiger charge is 2.41. The largest absolute Gasteiger partial charge is 0.283 e. The van der Waals surface area contributed by atoms with Gasteiger partial charge in [0, 0.05) is 30.7 Å². The molecule has 1 aliphatic heterocycles. The summed E-state index contributed by atoms with van der Waals surface area (Å²) in [6.45, 7) is 2.49. The van der Waals surface area contributed by atoms with Crippen molar-refractivity contribution in [3.63, 3.8) is 0 Å². The number of hydrogen-bond acceptors (Lipinski definition) is 2. The van der Waals surface area contributed by atoms with E-state index in [1.807, 2.05) is 37.3 Å². The van der Waals surface area contributed by atoms with Crippen molar-refractivity contribution >= 4 is 23.4 Å². The minimum atomic E-state index is -0.377. The summed E-state index contributed by atoms with van der Waals surface area (Å²) in [5.41, 5.74) is 0.681. The second-order valence-corrected chi connectivity index (χ2v) is 5.99. The number of carbonyl (C=O) groups is 2. The van der Waals surface area contributed by atoms with E-state index in [2.05, 4.69) is 0 Å². The minimum absolute atomic E-state index is 0.0674. The molecule has 3 nitrogen and oxygen atoms in total. The van der Waals surface area contributed by atoms with Crippen LogP contribution in [0, 0.1) is 0 Å². The van der Waals surface area contributed by atoms with Gasteiger partial charge in [0.15, 0.2) is 0 Å². The van der Waals surface area contributed by atoms with E-state index in [4.69, 9.17) is 11.6 Å². The molecule has 1 aromatic rings. The van der Waals surface area contributed by atoms with E-state index in [0.717, 1.165) is 18.4 Å². The third-order valence-corrected chi connectivity index (χ3v) is 4.19. The van der Waals surface area contributed by atoms with Gasteiger partial charge >= 0.3 is 0 Å². The van der Waals surface area contributed by atoms with Crippen LogP contribution in [0.5, 0.6) is 0 Å². The Morgan fingerprint density at radius 1 is 1.10 bits per heavy atom. The molecule has 2 rings (SSSR count). The summed E-state index contributed by atoms with van der Waals surface area (Å²) in [7, 11) is 0. The van der Waals surface area contributed by atoms with Crippen molar-refractivity contribution in [3.8, 4) is 0 Å². The lowest BCUT2D eigenvalue weighted by molar-refractivity contribution is -0.150. The van der Waals surface area contributed by atoms with E-state index >= 15 is 0 Å². The Kier molecular flexibility index (Phi) is 4.81. The summed E-state index contributed by atoms with van der Waals surface area (Å²) in [5.74, 6) is 0.433. The Hall–Kier alpha value is -1.35. The van der Waals surface area contributed by atoms with Crippen LogP contribution in [0.3, 0.4) is 0 Å². The Morgan fingerprint density at radius 2 is 1.70 bits per heavy atom. The maximum Gasteiger partial charge on any atom is 0.230 e. The molecule has 20 heavy (non-hydrogen) atoms. The Bertz CT molecular complexity index is 469. The van der Waals surface area contributed by atoms with E-state index in [0.29, 0.717) is 25.3 Å². The van der Waals surface area contributed by atoms with Gasteiger partial charge in [0.25, 0.3) is 0 Å². The summed E-state index contributed by atoms with van der Waals surface area (Å²) < 4.78 is 0. The van der Waals surface area contributed by atoms with Gasteiger partial charge in [-0.1, -0.05) is 37.3 Å². The number of alkyl halides is 1. The zero-order chi connectivity index (χ0) is 14.6. The molecule has 0 spiro atoms. The number of halogens is 1. The van der Waals surface area contributed by atoms with E-state index in [-0.39, 0.29) is 17.2 Å². The summed E-state index contributed by atoms with van der Waals surface area (Å²) >= 11 is 5.63. The fraction of sp³-hybridized carbons (Fsp3) is 0.500.